The van der Waals surface area contributed by atoms with Gasteiger partial charge in [-0.25, -0.2) is 4.98 Å². The molecular formula is C20H24N4OS. The Morgan fingerprint density at radius 2 is 2.08 bits per heavy atom. The SMILES string of the molecule is Cc1nn(C)c2nc(-c3cccs3)cc(C(=O)N(C)C3CCCCC3)c12. The lowest BCUT2D eigenvalue weighted by molar-refractivity contribution is 0.0698. The molecule has 1 fully saturated rings. The summed E-state index contributed by atoms with van der Waals surface area (Å²) in [6.45, 7) is 1.95. The number of pyridine rings is 1. The van der Waals surface area contributed by atoms with Crippen LogP contribution in [0.3, 0.4) is 0 Å². The fourth-order valence-electron chi connectivity index (χ4n) is 3.99. The summed E-state index contributed by atoms with van der Waals surface area (Å²) in [6, 6.07) is 6.34. The highest BCUT2D eigenvalue weighted by molar-refractivity contribution is 7.13. The lowest BCUT2D eigenvalue weighted by Gasteiger charge is -2.31. The maximum absolute atomic E-state index is 13.4. The van der Waals surface area contributed by atoms with Crippen LogP contribution in [0.25, 0.3) is 21.6 Å². The highest BCUT2D eigenvalue weighted by Crippen LogP contribution is 2.31. The molecule has 0 saturated heterocycles. The van der Waals surface area contributed by atoms with Gasteiger partial charge in [-0.1, -0.05) is 25.3 Å². The van der Waals surface area contributed by atoms with Crippen molar-refractivity contribution in [3.05, 3.63) is 34.8 Å². The Kier molecular flexibility index (Phi) is 4.53. The molecule has 0 radical (unpaired) electrons. The van der Waals surface area contributed by atoms with Crippen molar-refractivity contribution in [2.75, 3.05) is 7.05 Å². The molecule has 0 aliphatic heterocycles. The van der Waals surface area contributed by atoms with Gasteiger partial charge in [0.15, 0.2) is 5.65 Å². The molecule has 1 aliphatic rings. The molecule has 1 aliphatic carbocycles. The topological polar surface area (TPSA) is 51.0 Å². The maximum atomic E-state index is 13.4. The van der Waals surface area contributed by atoms with E-state index in [9.17, 15) is 4.79 Å². The van der Waals surface area contributed by atoms with E-state index in [2.05, 4.69) is 5.10 Å². The number of rotatable bonds is 3. The number of amides is 1. The summed E-state index contributed by atoms with van der Waals surface area (Å²) in [5, 5.41) is 7.42. The van der Waals surface area contributed by atoms with Gasteiger partial charge in [-0.3, -0.25) is 9.48 Å². The maximum Gasteiger partial charge on any atom is 0.254 e. The zero-order chi connectivity index (χ0) is 18.3. The second kappa shape index (κ2) is 6.83. The van der Waals surface area contributed by atoms with E-state index in [-0.39, 0.29) is 5.91 Å². The number of nitrogens with zero attached hydrogens (tertiary/aromatic N) is 4. The summed E-state index contributed by atoms with van der Waals surface area (Å²) in [6.07, 6.45) is 5.89. The molecule has 1 saturated carbocycles. The van der Waals surface area contributed by atoms with Crippen molar-refractivity contribution in [2.24, 2.45) is 7.05 Å². The van der Waals surface area contributed by atoms with Gasteiger partial charge in [0.25, 0.3) is 5.91 Å². The van der Waals surface area contributed by atoms with Crippen LogP contribution in [0.15, 0.2) is 23.6 Å². The molecule has 0 spiro atoms. The highest BCUT2D eigenvalue weighted by atomic mass is 32.1. The van der Waals surface area contributed by atoms with Crippen molar-refractivity contribution >= 4 is 28.3 Å². The number of hydrogen-bond donors (Lipinski definition) is 0. The Labute approximate surface area is 157 Å². The van der Waals surface area contributed by atoms with E-state index in [1.165, 1.54) is 19.3 Å². The van der Waals surface area contributed by atoms with E-state index >= 15 is 0 Å². The molecule has 0 atom stereocenters. The number of aryl methyl sites for hydroxylation is 2. The predicted molar refractivity (Wildman–Crippen MR) is 106 cm³/mol. The minimum Gasteiger partial charge on any atom is -0.339 e. The number of carbonyl (C=O) groups excluding carboxylic acids is 1. The lowest BCUT2D eigenvalue weighted by Crippen LogP contribution is -2.38. The van der Waals surface area contributed by atoms with Crippen LogP contribution in [-0.4, -0.2) is 38.7 Å². The van der Waals surface area contributed by atoms with Gasteiger partial charge < -0.3 is 4.90 Å². The Hall–Kier alpha value is -2.21. The molecule has 0 bridgehead atoms. The molecule has 1 amide bonds. The summed E-state index contributed by atoms with van der Waals surface area (Å²) < 4.78 is 1.78. The second-order valence-electron chi connectivity index (χ2n) is 7.15. The minimum absolute atomic E-state index is 0.0817. The average Bonchev–Trinajstić information content (AvgIpc) is 3.29. The molecule has 3 heterocycles. The number of hydrogen-bond acceptors (Lipinski definition) is 4. The van der Waals surface area contributed by atoms with Gasteiger partial charge in [-0.05, 0) is 37.3 Å². The van der Waals surface area contributed by atoms with E-state index in [1.54, 1.807) is 16.0 Å². The average molecular weight is 369 g/mol. The zero-order valence-corrected chi connectivity index (χ0v) is 16.3. The monoisotopic (exact) mass is 368 g/mol. The third kappa shape index (κ3) is 2.92. The molecule has 5 nitrogen and oxygen atoms in total. The Balaban J connectivity index is 1.83. The van der Waals surface area contributed by atoms with Crippen LogP contribution in [0.1, 0.15) is 48.2 Å². The van der Waals surface area contributed by atoms with Crippen molar-refractivity contribution < 1.29 is 4.79 Å². The fraction of sp³-hybridized carbons (Fsp3) is 0.450. The standard InChI is InChI=1S/C20H24N4OS/c1-13-18-15(20(25)23(2)14-8-5-4-6-9-14)12-16(17-10-7-11-26-17)21-19(18)24(3)22-13/h7,10-12,14H,4-6,8-9H2,1-3H3. The molecule has 3 aromatic heterocycles. The number of fused-ring (bicyclic) bond motifs is 1. The van der Waals surface area contributed by atoms with E-state index in [0.717, 1.165) is 45.7 Å². The quantitative estimate of drug-likeness (QED) is 0.688. The Morgan fingerprint density at radius 3 is 2.77 bits per heavy atom. The molecule has 6 heteroatoms. The van der Waals surface area contributed by atoms with E-state index in [4.69, 9.17) is 4.98 Å². The fourth-order valence-corrected chi connectivity index (χ4v) is 4.67. The molecule has 0 unspecified atom stereocenters. The molecule has 4 rings (SSSR count). The molecular weight excluding hydrogens is 344 g/mol. The molecule has 0 aromatic carbocycles. The highest BCUT2D eigenvalue weighted by Gasteiger charge is 2.26. The summed E-state index contributed by atoms with van der Waals surface area (Å²) >= 11 is 1.64. The first kappa shape index (κ1) is 17.2. The number of thiophene rings is 1. The van der Waals surface area contributed by atoms with Gasteiger partial charge >= 0.3 is 0 Å². The van der Waals surface area contributed by atoms with Crippen LogP contribution in [0.5, 0.6) is 0 Å². The van der Waals surface area contributed by atoms with E-state index < -0.39 is 0 Å². The predicted octanol–water partition coefficient (Wildman–Crippen LogP) is 4.41. The number of aromatic nitrogens is 3. The molecule has 0 N–H and O–H groups in total. The molecule has 3 aromatic rings. The van der Waals surface area contributed by atoms with E-state index in [0.29, 0.717) is 6.04 Å². The largest absolute Gasteiger partial charge is 0.339 e. The second-order valence-corrected chi connectivity index (χ2v) is 8.10. The minimum atomic E-state index is 0.0817. The van der Waals surface area contributed by atoms with Crippen molar-refractivity contribution in [3.63, 3.8) is 0 Å². The van der Waals surface area contributed by atoms with Crippen molar-refractivity contribution in [1.29, 1.82) is 0 Å². The summed E-state index contributed by atoms with van der Waals surface area (Å²) in [4.78, 5) is 21.2. The van der Waals surface area contributed by atoms with Crippen LogP contribution >= 0.6 is 11.3 Å². The summed E-state index contributed by atoms with van der Waals surface area (Å²) in [5.74, 6) is 0.0817. The third-order valence-corrected chi connectivity index (χ3v) is 6.31. The summed E-state index contributed by atoms with van der Waals surface area (Å²) in [7, 11) is 3.83. The van der Waals surface area contributed by atoms with Crippen molar-refractivity contribution in [3.8, 4) is 10.6 Å². The van der Waals surface area contributed by atoms with Gasteiger partial charge in [-0.15, -0.1) is 11.3 Å². The first-order chi connectivity index (χ1) is 12.6. The van der Waals surface area contributed by atoms with Gasteiger partial charge in [-0.2, -0.15) is 5.10 Å². The lowest BCUT2D eigenvalue weighted by atomic mass is 9.94. The molecule has 136 valence electrons. The third-order valence-electron chi connectivity index (χ3n) is 5.42. The first-order valence-corrected chi connectivity index (χ1v) is 10.1. The van der Waals surface area contributed by atoms with Gasteiger partial charge in [0, 0.05) is 20.1 Å². The van der Waals surface area contributed by atoms with Crippen LogP contribution in [-0.2, 0) is 7.05 Å². The van der Waals surface area contributed by atoms with Gasteiger partial charge in [0.05, 0.1) is 27.2 Å². The van der Waals surface area contributed by atoms with Gasteiger partial charge in [0.1, 0.15) is 0 Å². The van der Waals surface area contributed by atoms with Crippen LogP contribution in [0.2, 0.25) is 0 Å². The smallest absolute Gasteiger partial charge is 0.254 e. The van der Waals surface area contributed by atoms with Crippen molar-refractivity contribution in [1.82, 2.24) is 19.7 Å². The van der Waals surface area contributed by atoms with Gasteiger partial charge in [0.2, 0.25) is 0 Å². The first-order valence-electron chi connectivity index (χ1n) is 9.21. The van der Waals surface area contributed by atoms with E-state index in [1.807, 2.05) is 49.5 Å². The normalized spacial score (nSPS) is 15.5. The zero-order valence-electron chi connectivity index (χ0n) is 15.5. The van der Waals surface area contributed by atoms with Crippen LogP contribution in [0, 0.1) is 6.92 Å². The van der Waals surface area contributed by atoms with Crippen LogP contribution in [0.4, 0.5) is 0 Å². The Bertz CT molecular complexity index is 939. The summed E-state index contributed by atoms with van der Waals surface area (Å²) in [5.41, 5.74) is 3.19. The molecule has 26 heavy (non-hydrogen) atoms. The van der Waals surface area contributed by atoms with Crippen molar-refractivity contribution in [2.45, 2.75) is 45.1 Å². The van der Waals surface area contributed by atoms with Crippen LogP contribution < -0.4 is 0 Å². The Morgan fingerprint density at radius 1 is 1.31 bits per heavy atom. The number of carbonyl (C=O) groups is 1.